The molecule has 0 atom stereocenters. The predicted molar refractivity (Wildman–Crippen MR) is 95.9 cm³/mol. The van der Waals surface area contributed by atoms with Crippen LogP contribution in [-0.4, -0.2) is 17.0 Å². The third-order valence-electron chi connectivity index (χ3n) is 3.74. The molecule has 3 aromatic carbocycles. The number of carbonyl (C=O) groups is 2. The SMILES string of the molecule is CCC(=O)Oc1ccc(NC(=O)c2cc3ccccc3cc2O)cc1. The number of hydrogen-bond donors (Lipinski definition) is 2. The molecule has 3 aromatic rings. The summed E-state index contributed by atoms with van der Waals surface area (Å²) in [4.78, 5) is 23.7. The van der Waals surface area contributed by atoms with E-state index in [0.717, 1.165) is 10.8 Å². The van der Waals surface area contributed by atoms with Gasteiger partial charge in [-0.1, -0.05) is 31.2 Å². The first-order valence-electron chi connectivity index (χ1n) is 7.90. The summed E-state index contributed by atoms with van der Waals surface area (Å²) in [5.41, 5.74) is 0.731. The number of phenols is 1. The molecule has 0 bridgehead atoms. The van der Waals surface area contributed by atoms with Gasteiger partial charge in [-0.15, -0.1) is 0 Å². The van der Waals surface area contributed by atoms with Gasteiger partial charge in [-0.2, -0.15) is 0 Å². The highest BCUT2D eigenvalue weighted by Gasteiger charge is 2.13. The maximum atomic E-state index is 12.4. The van der Waals surface area contributed by atoms with Crippen molar-refractivity contribution in [1.29, 1.82) is 0 Å². The standard InChI is InChI=1S/C20H17NO4/c1-2-19(23)25-16-9-7-15(8-10-16)21-20(24)17-11-13-5-3-4-6-14(13)12-18(17)22/h3-12,22H,2H2,1H3,(H,21,24). The Bertz CT molecular complexity index is 932. The van der Waals surface area contributed by atoms with E-state index in [9.17, 15) is 14.7 Å². The molecule has 0 radical (unpaired) electrons. The average molecular weight is 335 g/mol. The minimum Gasteiger partial charge on any atom is -0.507 e. The minimum absolute atomic E-state index is 0.0790. The van der Waals surface area contributed by atoms with Crippen molar-refractivity contribution in [2.75, 3.05) is 5.32 Å². The van der Waals surface area contributed by atoms with Gasteiger partial charge in [-0.3, -0.25) is 9.59 Å². The van der Waals surface area contributed by atoms with Crippen LogP contribution < -0.4 is 10.1 Å². The van der Waals surface area contributed by atoms with Gasteiger partial charge in [0.25, 0.3) is 5.91 Å². The quantitative estimate of drug-likeness (QED) is 0.556. The van der Waals surface area contributed by atoms with Crippen LogP contribution in [0.5, 0.6) is 11.5 Å². The Balaban J connectivity index is 1.78. The van der Waals surface area contributed by atoms with Crippen LogP contribution in [0, 0.1) is 0 Å². The number of phenolic OH excluding ortho intramolecular Hbond substituents is 1. The molecule has 3 rings (SSSR count). The van der Waals surface area contributed by atoms with Crippen molar-refractivity contribution >= 4 is 28.3 Å². The van der Waals surface area contributed by atoms with Crippen molar-refractivity contribution in [2.24, 2.45) is 0 Å². The number of anilines is 1. The van der Waals surface area contributed by atoms with E-state index in [1.807, 2.05) is 24.3 Å². The van der Waals surface area contributed by atoms with Gasteiger partial charge < -0.3 is 15.2 Å². The van der Waals surface area contributed by atoms with Gasteiger partial charge in [0.05, 0.1) is 5.56 Å². The molecular weight excluding hydrogens is 318 g/mol. The molecule has 2 N–H and O–H groups in total. The summed E-state index contributed by atoms with van der Waals surface area (Å²) in [6.07, 6.45) is 0.291. The average Bonchev–Trinajstić information content (AvgIpc) is 2.62. The topological polar surface area (TPSA) is 75.6 Å². The normalized spacial score (nSPS) is 10.4. The lowest BCUT2D eigenvalue weighted by Crippen LogP contribution is -2.12. The summed E-state index contributed by atoms with van der Waals surface area (Å²) in [5.74, 6) is -0.400. The van der Waals surface area contributed by atoms with Gasteiger partial charge in [-0.05, 0) is 47.2 Å². The van der Waals surface area contributed by atoms with Crippen molar-refractivity contribution < 1.29 is 19.4 Å². The number of ether oxygens (including phenoxy) is 1. The van der Waals surface area contributed by atoms with Gasteiger partial charge >= 0.3 is 5.97 Å². The van der Waals surface area contributed by atoms with Crippen molar-refractivity contribution in [1.82, 2.24) is 0 Å². The highest BCUT2D eigenvalue weighted by molar-refractivity contribution is 6.08. The van der Waals surface area contributed by atoms with E-state index >= 15 is 0 Å². The molecule has 0 aliphatic carbocycles. The Morgan fingerprint density at radius 3 is 2.28 bits per heavy atom. The summed E-state index contributed by atoms with van der Waals surface area (Å²) in [5, 5.41) is 14.6. The number of nitrogens with one attached hydrogen (secondary N) is 1. The third kappa shape index (κ3) is 3.77. The number of carbonyl (C=O) groups excluding carboxylic acids is 2. The van der Waals surface area contributed by atoms with Gasteiger partial charge in [-0.25, -0.2) is 0 Å². The molecule has 0 saturated carbocycles. The number of aromatic hydroxyl groups is 1. The molecule has 1 amide bonds. The third-order valence-corrected chi connectivity index (χ3v) is 3.74. The lowest BCUT2D eigenvalue weighted by Gasteiger charge is -2.09. The fraction of sp³-hybridized carbons (Fsp3) is 0.100. The molecule has 0 fully saturated rings. The molecule has 5 nitrogen and oxygen atoms in total. The monoisotopic (exact) mass is 335 g/mol. The molecule has 25 heavy (non-hydrogen) atoms. The molecule has 0 aliphatic rings. The second-order valence-electron chi connectivity index (χ2n) is 5.52. The summed E-state index contributed by atoms with van der Waals surface area (Å²) in [6, 6.07) is 17.2. The van der Waals surface area contributed by atoms with Gasteiger partial charge in [0, 0.05) is 12.1 Å². The first-order chi connectivity index (χ1) is 12.1. The highest BCUT2D eigenvalue weighted by Crippen LogP contribution is 2.26. The van der Waals surface area contributed by atoms with Crippen LogP contribution in [0.25, 0.3) is 10.8 Å². The van der Waals surface area contributed by atoms with Crippen LogP contribution >= 0.6 is 0 Å². The van der Waals surface area contributed by atoms with Crippen LogP contribution in [0.1, 0.15) is 23.7 Å². The number of hydrogen-bond acceptors (Lipinski definition) is 4. The van der Waals surface area contributed by atoms with Crippen LogP contribution in [0.2, 0.25) is 0 Å². The Hall–Kier alpha value is -3.34. The Kier molecular flexibility index (Phi) is 4.66. The number of benzene rings is 3. The fourth-order valence-electron chi connectivity index (χ4n) is 2.42. The zero-order valence-corrected chi connectivity index (χ0v) is 13.7. The number of fused-ring (bicyclic) bond motifs is 1. The van der Waals surface area contributed by atoms with Crippen molar-refractivity contribution in [3.8, 4) is 11.5 Å². The number of amides is 1. The zero-order valence-electron chi connectivity index (χ0n) is 13.7. The maximum Gasteiger partial charge on any atom is 0.310 e. The largest absolute Gasteiger partial charge is 0.507 e. The van der Waals surface area contributed by atoms with Crippen LogP contribution in [0.15, 0.2) is 60.7 Å². The van der Waals surface area contributed by atoms with Crippen molar-refractivity contribution in [3.05, 3.63) is 66.2 Å². The lowest BCUT2D eigenvalue weighted by molar-refractivity contribution is -0.134. The van der Waals surface area contributed by atoms with Crippen LogP contribution in [-0.2, 0) is 4.79 Å². The highest BCUT2D eigenvalue weighted by atomic mass is 16.5. The molecule has 0 aromatic heterocycles. The van der Waals surface area contributed by atoms with Crippen molar-refractivity contribution in [3.63, 3.8) is 0 Å². The van der Waals surface area contributed by atoms with E-state index in [2.05, 4.69) is 5.32 Å². The second-order valence-corrected chi connectivity index (χ2v) is 5.52. The van der Waals surface area contributed by atoms with Gasteiger partial charge in [0.2, 0.25) is 0 Å². The summed E-state index contributed by atoms with van der Waals surface area (Å²) >= 11 is 0. The van der Waals surface area contributed by atoms with E-state index in [-0.39, 0.29) is 17.3 Å². The van der Waals surface area contributed by atoms with E-state index in [1.54, 1.807) is 43.3 Å². The smallest absolute Gasteiger partial charge is 0.310 e. The molecule has 0 spiro atoms. The fourth-order valence-corrected chi connectivity index (χ4v) is 2.42. The molecule has 0 saturated heterocycles. The van der Waals surface area contributed by atoms with E-state index in [0.29, 0.717) is 17.9 Å². The number of esters is 1. The maximum absolute atomic E-state index is 12.4. The summed E-state index contributed by atoms with van der Waals surface area (Å²) in [6.45, 7) is 1.72. The molecule has 5 heteroatoms. The number of rotatable bonds is 4. The molecular formula is C20H17NO4. The second kappa shape index (κ2) is 7.05. The lowest BCUT2D eigenvalue weighted by atomic mass is 10.1. The molecule has 0 heterocycles. The zero-order chi connectivity index (χ0) is 17.8. The minimum atomic E-state index is -0.415. The van der Waals surface area contributed by atoms with Gasteiger partial charge in [0.1, 0.15) is 11.5 Å². The van der Waals surface area contributed by atoms with Gasteiger partial charge in [0.15, 0.2) is 0 Å². The predicted octanol–water partition coefficient (Wildman–Crippen LogP) is 4.11. The van der Waals surface area contributed by atoms with E-state index in [1.165, 1.54) is 0 Å². The first-order valence-corrected chi connectivity index (χ1v) is 7.90. The van der Waals surface area contributed by atoms with Crippen molar-refractivity contribution in [2.45, 2.75) is 13.3 Å². The summed E-state index contributed by atoms with van der Waals surface area (Å²) in [7, 11) is 0. The Morgan fingerprint density at radius 2 is 1.64 bits per heavy atom. The van der Waals surface area contributed by atoms with Crippen LogP contribution in [0.3, 0.4) is 0 Å². The van der Waals surface area contributed by atoms with E-state index < -0.39 is 5.91 Å². The Labute approximate surface area is 144 Å². The van der Waals surface area contributed by atoms with Crippen LogP contribution in [0.4, 0.5) is 5.69 Å². The molecule has 0 unspecified atom stereocenters. The molecule has 0 aliphatic heterocycles. The Morgan fingerprint density at radius 1 is 1.00 bits per heavy atom. The summed E-state index contributed by atoms with van der Waals surface area (Å²) < 4.78 is 5.08. The molecule has 126 valence electrons. The van der Waals surface area contributed by atoms with E-state index in [4.69, 9.17) is 4.74 Å². The first kappa shape index (κ1) is 16.5.